The predicted molar refractivity (Wildman–Crippen MR) is 172 cm³/mol. The second-order valence-electron chi connectivity index (χ2n) is 12.1. The summed E-state index contributed by atoms with van der Waals surface area (Å²) in [4.78, 5) is 26.7. The summed E-state index contributed by atoms with van der Waals surface area (Å²) in [5.74, 6) is 1.72. The lowest BCUT2D eigenvalue weighted by Gasteiger charge is -2.32. The molecule has 0 aromatic heterocycles. The smallest absolute Gasteiger partial charge is 0.224 e. The van der Waals surface area contributed by atoms with Gasteiger partial charge in [0.25, 0.3) is 0 Å². The maximum Gasteiger partial charge on any atom is 0.224 e. The lowest BCUT2D eigenvalue weighted by atomic mass is 9.90. The van der Waals surface area contributed by atoms with Gasteiger partial charge in [0.15, 0.2) is 5.78 Å². The van der Waals surface area contributed by atoms with Gasteiger partial charge in [-0.1, -0.05) is 72.3 Å². The van der Waals surface area contributed by atoms with Gasteiger partial charge in [0.2, 0.25) is 5.91 Å². The minimum atomic E-state index is 0.00306. The molecule has 5 nitrogen and oxygen atoms in total. The lowest BCUT2D eigenvalue weighted by Crippen LogP contribution is -2.35. The van der Waals surface area contributed by atoms with Gasteiger partial charge < -0.3 is 15.5 Å². The number of nitrogens with zero attached hydrogens (tertiary/aromatic N) is 1. The summed E-state index contributed by atoms with van der Waals surface area (Å²) < 4.78 is 0. The molecule has 2 saturated heterocycles. The summed E-state index contributed by atoms with van der Waals surface area (Å²) in [5.41, 5.74) is 5.23. The van der Waals surface area contributed by atoms with E-state index in [9.17, 15) is 9.59 Å². The van der Waals surface area contributed by atoms with Crippen molar-refractivity contribution in [3.63, 3.8) is 0 Å². The molecule has 6 rings (SSSR count). The number of piperidine rings is 2. The van der Waals surface area contributed by atoms with Crippen molar-refractivity contribution in [3.05, 3.63) is 100 Å². The molecule has 3 heterocycles. The summed E-state index contributed by atoms with van der Waals surface area (Å²) in [6.07, 6.45) is 9.06. The van der Waals surface area contributed by atoms with Gasteiger partial charge in [0.1, 0.15) is 0 Å². The van der Waals surface area contributed by atoms with E-state index in [1.54, 1.807) is 6.07 Å². The molecule has 42 heavy (non-hydrogen) atoms. The maximum atomic E-state index is 12.8. The zero-order chi connectivity index (χ0) is 29.1. The molecule has 0 aliphatic carbocycles. The van der Waals surface area contributed by atoms with E-state index in [4.69, 9.17) is 11.6 Å². The van der Waals surface area contributed by atoms with Crippen molar-refractivity contribution >= 4 is 29.0 Å². The van der Waals surface area contributed by atoms with Crippen LogP contribution < -0.4 is 10.6 Å². The van der Waals surface area contributed by atoms with Gasteiger partial charge in [-0.2, -0.15) is 0 Å². The largest absolute Gasteiger partial charge is 0.326 e. The molecule has 0 radical (unpaired) electrons. The first-order valence-electron chi connectivity index (χ1n) is 15.7. The molecular formula is C36H44ClN3O2. The van der Waals surface area contributed by atoms with Gasteiger partial charge >= 0.3 is 0 Å². The van der Waals surface area contributed by atoms with Crippen molar-refractivity contribution < 1.29 is 9.59 Å². The van der Waals surface area contributed by atoms with Gasteiger partial charge in [0.05, 0.1) is 5.02 Å². The topological polar surface area (TPSA) is 61.4 Å². The number of aryl methyl sites for hydroxylation is 1. The number of nitrogens with one attached hydrogen (secondary N) is 2. The first-order chi connectivity index (χ1) is 20.5. The van der Waals surface area contributed by atoms with Crippen molar-refractivity contribution in [1.29, 1.82) is 0 Å². The summed E-state index contributed by atoms with van der Waals surface area (Å²) in [5, 5.41) is 6.66. The number of Topliss-reactive ketones (excluding diaryl/α,β-unsaturated/α-hetero) is 1. The van der Waals surface area contributed by atoms with E-state index in [2.05, 4.69) is 76.2 Å². The van der Waals surface area contributed by atoms with Crippen molar-refractivity contribution in [2.75, 3.05) is 38.0 Å². The zero-order valence-corrected chi connectivity index (χ0v) is 25.4. The monoisotopic (exact) mass is 585 g/mol. The molecular weight excluding hydrogens is 542 g/mol. The van der Waals surface area contributed by atoms with Crippen LogP contribution in [0.5, 0.6) is 0 Å². The van der Waals surface area contributed by atoms with Gasteiger partial charge in [-0.3, -0.25) is 9.59 Å². The Kier molecular flexibility index (Phi) is 11.2. The number of rotatable bonds is 8. The third kappa shape index (κ3) is 9.00. The van der Waals surface area contributed by atoms with E-state index in [0.717, 1.165) is 49.1 Å². The number of carbonyl (C=O) groups excluding carboxylic acids is 2. The fraction of sp³-hybridized carbons (Fsp3) is 0.444. The molecule has 0 atom stereocenters. The highest BCUT2D eigenvalue weighted by Crippen LogP contribution is 2.30. The zero-order valence-electron chi connectivity index (χ0n) is 24.6. The van der Waals surface area contributed by atoms with Crippen LogP contribution in [-0.2, 0) is 24.1 Å². The maximum absolute atomic E-state index is 12.8. The second-order valence-corrected chi connectivity index (χ2v) is 12.5. The highest BCUT2D eigenvalue weighted by Gasteiger charge is 2.22. The van der Waals surface area contributed by atoms with Crippen molar-refractivity contribution in [3.8, 4) is 0 Å². The molecule has 6 heteroatoms. The number of likely N-dealkylation sites (tertiary alicyclic amines) is 1. The van der Waals surface area contributed by atoms with Crippen molar-refractivity contribution in [1.82, 2.24) is 10.2 Å². The Bertz CT molecular complexity index is 1300. The van der Waals surface area contributed by atoms with E-state index in [1.807, 2.05) is 6.07 Å². The predicted octanol–water partition coefficient (Wildman–Crippen LogP) is 6.98. The summed E-state index contributed by atoms with van der Waals surface area (Å²) in [6.45, 7) is 5.29. The number of ketones is 1. The fourth-order valence-electron chi connectivity index (χ4n) is 6.41. The minimum absolute atomic E-state index is 0.00306. The Morgan fingerprint density at radius 1 is 0.810 bits per heavy atom. The number of fused-ring (bicyclic) bond motifs is 1. The highest BCUT2D eigenvalue weighted by atomic mass is 35.5. The molecule has 0 unspecified atom stereocenters. The van der Waals surface area contributed by atoms with Crippen LogP contribution in [0.2, 0.25) is 5.02 Å². The third-order valence-electron chi connectivity index (χ3n) is 8.94. The van der Waals surface area contributed by atoms with Gasteiger partial charge in [0, 0.05) is 30.6 Å². The molecule has 3 aromatic carbocycles. The number of hydrogen-bond acceptors (Lipinski definition) is 4. The molecule has 1 amide bonds. The summed E-state index contributed by atoms with van der Waals surface area (Å²) in [6, 6.07) is 25.1. The average Bonchev–Trinajstić information content (AvgIpc) is 3.02. The van der Waals surface area contributed by atoms with Crippen LogP contribution in [0.15, 0.2) is 72.8 Å². The first-order valence-corrected chi connectivity index (χ1v) is 16.1. The molecule has 2 fully saturated rings. The quantitative estimate of drug-likeness (QED) is 0.280. The van der Waals surface area contributed by atoms with E-state index in [1.165, 1.54) is 56.3 Å². The number of benzene rings is 3. The Morgan fingerprint density at radius 3 is 2.02 bits per heavy atom. The molecule has 3 aliphatic rings. The second kappa shape index (κ2) is 15.5. The molecule has 0 bridgehead atoms. The van der Waals surface area contributed by atoms with Crippen LogP contribution in [0.25, 0.3) is 0 Å². The molecule has 3 aromatic rings. The Morgan fingerprint density at radius 2 is 1.40 bits per heavy atom. The summed E-state index contributed by atoms with van der Waals surface area (Å²) >= 11 is 6.34. The molecule has 0 saturated carbocycles. The number of halogens is 1. The van der Waals surface area contributed by atoms with Crippen LogP contribution in [0.3, 0.4) is 0 Å². The SMILES string of the molecule is O=C1CCc2cc(C(=O)CCN3CCC(Cc4ccccc4)CC3)c(Cl)cc2N1.c1ccc(CC2CCNCC2)cc1. The van der Waals surface area contributed by atoms with E-state index in [0.29, 0.717) is 29.8 Å². The highest BCUT2D eigenvalue weighted by molar-refractivity contribution is 6.34. The lowest BCUT2D eigenvalue weighted by molar-refractivity contribution is -0.116. The van der Waals surface area contributed by atoms with Gasteiger partial charge in [-0.25, -0.2) is 0 Å². The van der Waals surface area contributed by atoms with Crippen LogP contribution in [0, 0.1) is 11.8 Å². The van der Waals surface area contributed by atoms with Gasteiger partial charge in [-0.15, -0.1) is 0 Å². The normalized spacial score (nSPS) is 18.0. The van der Waals surface area contributed by atoms with E-state index in [-0.39, 0.29) is 11.7 Å². The van der Waals surface area contributed by atoms with Crippen molar-refractivity contribution in [2.45, 2.75) is 57.8 Å². The number of hydrogen-bond donors (Lipinski definition) is 2. The number of amides is 1. The summed E-state index contributed by atoms with van der Waals surface area (Å²) in [7, 11) is 0. The molecule has 3 aliphatic heterocycles. The molecule has 0 spiro atoms. The van der Waals surface area contributed by atoms with Crippen LogP contribution in [0.1, 0.15) is 65.6 Å². The Labute approximate surface area is 256 Å². The first kappa shape index (κ1) is 30.5. The Hall–Kier alpha value is -2.99. The van der Waals surface area contributed by atoms with Gasteiger partial charge in [-0.05, 0) is 112 Å². The molecule has 222 valence electrons. The third-order valence-corrected chi connectivity index (χ3v) is 9.26. The number of carbonyl (C=O) groups is 2. The number of anilines is 1. The van der Waals surface area contributed by atoms with Crippen molar-refractivity contribution in [2.24, 2.45) is 11.8 Å². The van der Waals surface area contributed by atoms with Crippen LogP contribution in [-0.4, -0.2) is 49.3 Å². The average molecular weight is 586 g/mol. The minimum Gasteiger partial charge on any atom is -0.326 e. The van der Waals surface area contributed by atoms with Crippen LogP contribution in [0.4, 0.5) is 5.69 Å². The van der Waals surface area contributed by atoms with E-state index >= 15 is 0 Å². The molecule has 2 N–H and O–H groups in total. The Balaban J connectivity index is 0.000000226. The van der Waals surface area contributed by atoms with Crippen LogP contribution >= 0.6 is 11.6 Å². The van der Waals surface area contributed by atoms with E-state index < -0.39 is 0 Å². The standard InChI is InChI=1S/C24H27ClN2O2.C12H17N/c25-21-16-22-19(6-7-24(29)26-22)15-20(21)23(28)10-13-27-11-8-18(9-12-27)14-17-4-2-1-3-5-17;1-2-4-11(5-3-1)10-12-6-8-13-9-7-12/h1-5,15-16,18H,6-14H2,(H,26,29);1-5,12-13H,6-10H2. The fourth-order valence-corrected chi connectivity index (χ4v) is 6.67.